The molecule has 2 aromatic rings. The molecule has 6 heteroatoms. The second-order valence-electron chi connectivity index (χ2n) is 4.35. The number of rotatable bonds is 3. The summed E-state index contributed by atoms with van der Waals surface area (Å²) in [5, 5.41) is 7.67. The number of halogens is 3. The van der Waals surface area contributed by atoms with Crippen molar-refractivity contribution in [1.29, 1.82) is 0 Å². The number of benzene rings is 1. The molecule has 94 valence electrons. The van der Waals surface area contributed by atoms with E-state index < -0.39 is 17.8 Å². The summed E-state index contributed by atoms with van der Waals surface area (Å²) >= 11 is 0. The molecule has 1 aliphatic rings. The van der Waals surface area contributed by atoms with Crippen LogP contribution in [0.1, 0.15) is 36.4 Å². The fraction of sp³-hybridized carbons (Fsp3) is 0.333. The molecule has 0 atom stereocenters. The molecule has 0 radical (unpaired) electrons. The number of aromatic nitrogens is 3. The van der Waals surface area contributed by atoms with Crippen molar-refractivity contribution in [3.8, 4) is 5.69 Å². The maximum Gasteiger partial charge on any atom is 0.266 e. The molecule has 3 nitrogen and oxygen atoms in total. The number of alkyl halides is 2. The van der Waals surface area contributed by atoms with Crippen LogP contribution < -0.4 is 0 Å². The summed E-state index contributed by atoms with van der Waals surface area (Å²) in [5.41, 5.74) is 0.706. The van der Waals surface area contributed by atoms with E-state index in [1.165, 1.54) is 10.7 Å². The predicted molar refractivity (Wildman–Crippen MR) is 58.2 cm³/mol. The van der Waals surface area contributed by atoms with Crippen LogP contribution in [0.2, 0.25) is 0 Å². The Morgan fingerprint density at radius 1 is 1.28 bits per heavy atom. The smallest absolute Gasteiger partial charge is 0.217 e. The minimum Gasteiger partial charge on any atom is -0.217 e. The van der Waals surface area contributed by atoms with Gasteiger partial charge in [0.25, 0.3) is 6.43 Å². The molecule has 1 saturated carbocycles. The molecule has 0 bridgehead atoms. The molecular formula is C12H10F3N3. The van der Waals surface area contributed by atoms with Crippen LogP contribution in [0.3, 0.4) is 0 Å². The van der Waals surface area contributed by atoms with Crippen LogP contribution in [0, 0.1) is 5.82 Å². The Labute approximate surface area is 101 Å². The highest BCUT2D eigenvalue weighted by Gasteiger charge is 2.28. The van der Waals surface area contributed by atoms with Crippen molar-refractivity contribution in [2.75, 3.05) is 0 Å². The Morgan fingerprint density at radius 3 is 2.72 bits per heavy atom. The van der Waals surface area contributed by atoms with Crippen LogP contribution in [0.25, 0.3) is 5.69 Å². The summed E-state index contributed by atoms with van der Waals surface area (Å²) in [4.78, 5) is 0. The second kappa shape index (κ2) is 4.12. The molecule has 1 aromatic heterocycles. The van der Waals surface area contributed by atoms with Crippen molar-refractivity contribution < 1.29 is 13.2 Å². The lowest BCUT2D eigenvalue weighted by atomic mass is 10.2. The van der Waals surface area contributed by atoms with Gasteiger partial charge in [0, 0.05) is 5.92 Å². The van der Waals surface area contributed by atoms with Crippen molar-refractivity contribution in [2.45, 2.75) is 25.2 Å². The molecule has 1 aliphatic carbocycles. The van der Waals surface area contributed by atoms with E-state index in [0.29, 0.717) is 11.6 Å². The first kappa shape index (κ1) is 11.3. The van der Waals surface area contributed by atoms with Gasteiger partial charge in [-0.25, -0.2) is 17.9 Å². The van der Waals surface area contributed by atoms with Crippen molar-refractivity contribution in [1.82, 2.24) is 15.0 Å². The zero-order chi connectivity index (χ0) is 12.7. The normalized spacial score (nSPS) is 15.3. The Morgan fingerprint density at radius 2 is 2.06 bits per heavy atom. The highest BCUT2D eigenvalue weighted by molar-refractivity contribution is 5.38. The van der Waals surface area contributed by atoms with Gasteiger partial charge in [0.05, 0.1) is 23.1 Å². The molecule has 0 amide bonds. The SMILES string of the molecule is Fc1ccc(-n2nncc2C2CC2)cc1C(F)F. The monoisotopic (exact) mass is 253 g/mol. The van der Waals surface area contributed by atoms with Gasteiger partial charge in [-0.3, -0.25) is 0 Å². The molecule has 0 aliphatic heterocycles. The number of hydrogen-bond donors (Lipinski definition) is 0. The summed E-state index contributed by atoms with van der Waals surface area (Å²) in [7, 11) is 0. The summed E-state index contributed by atoms with van der Waals surface area (Å²) in [6.07, 6.45) is 0.896. The molecule has 18 heavy (non-hydrogen) atoms. The third kappa shape index (κ3) is 1.87. The van der Waals surface area contributed by atoms with Gasteiger partial charge in [0.15, 0.2) is 0 Å². The summed E-state index contributed by atoms with van der Waals surface area (Å²) in [6.45, 7) is 0. The highest BCUT2D eigenvalue weighted by Crippen LogP contribution is 2.40. The van der Waals surface area contributed by atoms with E-state index in [4.69, 9.17) is 0 Å². The third-order valence-corrected chi connectivity index (χ3v) is 3.03. The zero-order valence-electron chi connectivity index (χ0n) is 9.35. The summed E-state index contributed by atoms with van der Waals surface area (Å²) in [6, 6.07) is 3.59. The van der Waals surface area contributed by atoms with E-state index in [-0.39, 0.29) is 0 Å². The Bertz CT molecular complexity index is 576. The van der Waals surface area contributed by atoms with E-state index >= 15 is 0 Å². The van der Waals surface area contributed by atoms with Gasteiger partial charge in [-0.15, -0.1) is 5.10 Å². The van der Waals surface area contributed by atoms with Gasteiger partial charge in [-0.2, -0.15) is 0 Å². The minimum absolute atomic E-state index is 0.389. The van der Waals surface area contributed by atoms with Crippen molar-refractivity contribution in [3.63, 3.8) is 0 Å². The molecule has 1 heterocycles. The largest absolute Gasteiger partial charge is 0.266 e. The van der Waals surface area contributed by atoms with E-state index in [1.807, 2.05) is 0 Å². The van der Waals surface area contributed by atoms with Crippen LogP contribution in [0.5, 0.6) is 0 Å². The quantitative estimate of drug-likeness (QED) is 0.840. The van der Waals surface area contributed by atoms with Crippen LogP contribution in [0.4, 0.5) is 13.2 Å². The first-order valence-corrected chi connectivity index (χ1v) is 5.65. The number of nitrogens with zero attached hydrogens (tertiary/aromatic N) is 3. The second-order valence-corrected chi connectivity index (χ2v) is 4.35. The first-order chi connectivity index (χ1) is 8.66. The minimum atomic E-state index is -2.84. The van der Waals surface area contributed by atoms with Crippen molar-refractivity contribution in [3.05, 3.63) is 41.5 Å². The van der Waals surface area contributed by atoms with E-state index in [1.54, 1.807) is 6.20 Å². The van der Waals surface area contributed by atoms with Crippen LogP contribution in [-0.2, 0) is 0 Å². The van der Waals surface area contributed by atoms with Gasteiger partial charge >= 0.3 is 0 Å². The van der Waals surface area contributed by atoms with Crippen LogP contribution in [-0.4, -0.2) is 15.0 Å². The predicted octanol–water partition coefficient (Wildman–Crippen LogP) is 3.22. The van der Waals surface area contributed by atoms with E-state index in [0.717, 1.165) is 30.7 Å². The number of hydrogen-bond acceptors (Lipinski definition) is 2. The Kier molecular flexibility index (Phi) is 2.57. The lowest BCUT2D eigenvalue weighted by molar-refractivity contribution is 0.146. The lowest BCUT2D eigenvalue weighted by Crippen LogP contribution is -2.03. The molecule has 0 unspecified atom stereocenters. The van der Waals surface area contributed by atoms with Crippen LogP contribution >= 0.6 is 0 Å². The fourth-order valence-corrected chi connectivity index (χ4v) is 1.93. The standard InChI is InChI=1S/C12H10F3N3/c13-10-4-3-8(5-9(10)12(14)15)18-11(6-16-17-18)7-1-2-7/h3-7,12H,1-2H2. The third-order valence-electron chi connectivity index (χ3n) is 3.03. The van der Waals surface area contributed by atoms with Gasteiger partial charge in [-0.05, 0) is 31.0 Å². The molecule has 0 saturated heterocycles. The van der Waals surface area contributed by atoms with Crippen molar-refractivity contribution >= 4 is 0 Å². The lowest BCUT2D eigenvalue weighted by Gasteiger charge is -2.08. The van der Waals surface area contributed by atoms with Gasteiger partial charge in [0.1, 0.15) is 5.82 Å². The van der Waals surface area contributed by atoms with Gasteiger partial charge in [0.2, 0.25) is 0 Å². The average Bonchev–Trinajstić information content (AvgIpc) is 3.08. The Hall–Kier alpha value is -1.85. The van der Waals surface area contributed by atoms with E-state index in [2.05, 4.69) is 10.3 Å². The molecule has 3 rings (SSSR count). The molecular weight excluding hydrogens is 243 g/mol. The van der Waals surface area contributed by atoms with Crippen molar-refractivity contribution in [2.24, 2.45) is 0 Å². The average molecular weight is 253 g/mol. The molecule has 0 N–H and O–H groups in total. The van der Waals surface area contributed by atoms with Gasteiger partial charge < -0.3 is 0 Å². The van der Waals surface area contributed by atoms with Crippen LogP contribution in [0.15, 0.2) is 24.4 Å². The highest BCUT2D eigenvalue weighted by atomic mass is 19.3. The molecule has 1 aromatic carbocycles. The first-order valence-electron chi connectivity index (χ1n) is 5.65. The zero-order valence-corrected chi connectivity index (χ0v) is 9.35. The molecule has 0 spiro atoms. The molecule has 1 fully saturated rings. The summed E-state index contributed by atoms with van der Waals surface area (Å²) < 4.78 is 40.0. The topological polar surface area (TPSA) is 30.7 Å². The maximum atomic E-state index is 13.2. The Balaban J connectivity index is 2.05. The van der Waals surface area contributed by atoms with E-state index in [9.17, 15) is 13.2 Å². The maximum absolute atomic E-state index is 13.2. The van der Waals surface area contributed by atoms with Gasteiger partial charge in [-0.1, -0.05) is 5.21 Å². The fourth-order valence-electron chi connectivity index (χ4n) is 1.93. The summed E-state index contributed by atoms with van der Waals surface area (Å²) in [5.74, 6) is -0.512.